The SMILES string of the molecule is O=C1O[C@@H](C(=O)Nc2cccc3cccnc23)Cc2ccccc21. The topological polar surface area (TPSA) is 68.3 Å². The summed E-state index contributed by atoms with van der Waals surface area (Å²) in [5, 5.41) is 3.76. The van der Waals surface area contributed by atoms with Gasteiger partial charge in [-0.05, 0) is 23.8 Å². The molecule has 2 heterocycles. The summed E-state index contributed by atoms with van der Waals surface area (Å²) in [4.78, 5) is 28.9. The van der Waals surface area contributed by atoms with Crippen molar-refractivity contribution in [3.05, 3.63) is 71.9 Å². The molecule has 24 heavy (non-hydrogen) atoms. The van der Waals surface area contributed by atoms with Gasteiger partial charge in [0.05, 0.1) is 16.8 Å². The summed E-state index contributed by atoms with van der Waals surface area (Å²) in [6, 6.07) is 16.5. The van der Waals surface area contributed by atoms with Crippen LogP contribution in [0.15, 0.2) is 60.8 Å². The molecule has 0 radical (unpaired) electrons. The van der Waals surface area contributed by atoms with Crippen LogP contribution < -0.4 is 5.32 Å². The molecule has 1 atom stereocenters. The molecule has 0 bridgehead atoms. The molecule has 1 aromatic heterocycles. The number of carbonyl (C=O) groups is 2. The average molecular weight is 318 g/mol. The zero-order valence-electron chi connectivity index (χ0n) is 12.7. The van der Waals surface area contributed by atoms with E-state index in [0.29, 0.717) is 23.2 Å². The van der Waals surface area contributed by atoms with Crippen molar-refractivity contribution >= 4 is 28.5 Å². The molecule has 2 aromatic carbocycles. The highest BCUT2D eigenvalue weighted by molar-refractivity contribution is 6.04. The van der Waals surface area contributed by atoms with Gasteiger partial charge in [0.15, 0.2) is 6.10 Å². The van der Waals surface area contributed by atoms with E-state index in [0.717, 1.165) is 10.9 Å². The molecule has 0 saturated heterocycles. The Kier molecular flexibility index (Phi) is 3.46. The number of anilines is 1. The molecule has 118 valence electrons. The van der Waals surface area contributed by atoms with Crippen LogP contribution in [0.3, 0.4) is 0 Å². The predicted octanol–water partition coefficient (Wildman–Crippen LogP) is 2.96. The highest BCUT2D eigenvalue weighted by atomic mass is 16.5. The molecule has 0 fully saturated rings. The van der Waals surface area contributed by atoms with Gasteiger partial charge in [-0.3, -0.25) is 9.78 Å². The Hall–Kier alpha value is -3.21. The number of aromatic nitrogens is 1. The van der Waals surface area contributed by atoms with Crippen molar-refractivity contribution in [1.29, 1.82) is 0 Å². The monoisotopic (exact) mass is 318 g/mol. The molecular weight excluding hydrogens is 304 g/mol. The molecule has 1 N–H and O–H groups in total. The fourth-order valence-corrected chi connectivity index (χ4v) is 2.90. The molecule has 0 spiro atoms. The number of pyridine rings is 1. The first kappa shape index (κ1) is 14.4. The lowest BCUT2D eigenvalue weighted by molar-refractivity contribution is -0.125. The number of esters is 1. The summed E-state index contributed by atoms with van der Waals surface area (Å²) in [5.41, 5.74) is 2.65. The zero-order chi connectivity index (χ0) is 16.5. The molecule has 5 heteroatoms. The molecule has 0 unspecified atom stereocenters. The lowest BCUT2D eigenvalue weighted by Crippen LogP contribution is -2.38. The maximum atomic E-state index is 12.6. The van der Waals surface area contributed by atoms with E-state index >= 15 is 0 Å². The number of carbonyl (C=O) groups excluding carboxylic acids is 2. The van der Waals surface area contributed by atoms with Gasteiger partial charge in [-0.1, -0.05) is 36.4 Å². The van der Waals surface area contributed by atoms with E-state index in [9.17, 15) is 9.59 Å². The largest absolute Gasteiger partial charge is 0.448 e. The molecule has 1 amide bonds. The summed E-state index contributed by atoms with van der Waals surface area (Å²) in [6.07, 6.45) is 1.20. The van der Waals surface area contributed by atoms with Crippen molar-refractivity contribution in [3.63, 3.8) is 0 Å². The number of fused-ring (bicyclic) bond motifs is 2. The van der Waals surface area contributed by atoms with Gasteiger partial charge >= 0.3 is 5.97 Å². The van der Waals surface area contributed by atoms with Crippen molar-refractivity contribution in [2.75, 3.05) is 5.32 Å². The molecule has 5 nitrogen and oxygen atoms in total. The van der Waals surface area contributed by atoms with Crippen LogP contribution in [-0.4, -0.2) is 23.0 Å². The molecular formula is C19H14N2O3. The van der Waals surface area contributed by atoms with Gasteiger partial charge in [-0.25, -0.2) is 4.79 Å². The number of cyclic esters (lactones) is 1. The van der Waals surface area contributed by atoms with Crippen LogP contribution in [0.5, 0.6) is 0 Å². The van der Waals surface area contributed by atoms with E-state index in [4.69, 9.17) is 4.74 Å². The van der Waals surface area contributed by atoms with Gasteiger partial charge in [-0.15, -0.1) is 0 Å². The fourth-order valence-electron chi connectivity index (χ4n) is 2.90. The number of nitrogens with one attached hydrogen (secondary N) is 1. The quantitative estimate of drug-likeness (QED) is 0.738. The first-order valence-corrected chi connectivity index (χ1v) is 7.66. The standard InChI is InChI=1S/C19H14N2O3/c22-18(16-11-13-5-1-2-8-14(13)19(23)24-16)21-15-9-3-6-12-7-4-10-20-17(12)15/h1-10,16H,11H2,(H,21,22)/t16-/m1/s1. The number of hydrogen-bond acceptors (Lipinski definition) is 4. The van der Waals surface area contributed by atoms with Crippen molar-refractivity contribution in [2.24, 2.45) is 0 Å². The van der Waals surface area contributed by atoms with Crippen LogP contribution in [0.25, 0.3) is 10.9 Å². The van der Waals surface area contributed by atoms with Crippen molar-refractivity contribution in [3.8, 4) is 0 Å². The molecule has 3 aromatic rings. The molecule has 0 aliphatic carbocycles. The lowest BCUT2D eigenvalue weighted by atomic mass is 9.98. The summed E-state index contributed by atoms with van der Waals surface area (Å²) in [7, 11) is 0. The molecule has 1 aliphatic rings. The van der Waals surface area contributed by atoms with E-state index in [2.05, 4.69) is 10.3 Å². The van der Waals surface area contributed by atoms with Crippen LogP contribution in [0.4, 0.5) is 5.69 Å². The normalized spacial score (nSPS) is 16.3. The third kappa shape index (κ3) is 2.50. The van der Waals surface area contributed by atoms with E-state index in [1.165, 1.54) is 0 Å². The van der Waals surface area contributed by atoms with Gasteiger partial charge in [0.25, 0.3) is 5.91 Å². The second-order valence-electron chi connectivity index (χ2n) is 5.63. The maximum absolute atomic E-state index is 12.6. The van der Waals surface area contributed by atoms with Gasteiger partial charge < -0.3 is 10.1 Å². The third-order valence-electron chi connectivity index (χ3n) is 4.07. The Morgan fingerprint density at radius 2 is 1.92 bits per heavy atom. The third-order valence-corrected chi connectivity index (χ3v) is 4.07. The minimum absolute atomic E-state index is 0.351. The van der Waals surface area contributed by atoms with Gasteiger partial charge in [0.1, 0.15) is 0 Å². The van der Waals surface area contributed by atoms with Gasteiger partial charge in [0.2, 0.25) is 0 Å². The highest BCUT2D eigenvalue weighted by Gasteiger charge is 2.31. The van der Waals surface area contributed by atoms with E-state index in [-0.39, 0.29) is 5.91 Å². The Labute approximate surface area is 138 Å². The smallest absolute Gasteiger partial charge is 0.339 e. The molecule has 0 saturated carbocycles. The molecule has 4 rings (SSSR count). The number of hydrogen-bond donors (Lipinski definition) is 1. The number of para-hydroxylation sites is 1. The minimum atomic E-state index is -0.841. The van der Waals surface area contributed by atoms with Crippen LogP contribution >= 0.6 is 0 Å². The van der Waals surface area contributed by atoms with Crippen molar-refractivity contribution < 1.29 is 14.3 Å². The first-order chi connectivity index (χ1) is 11.7. The molecule has 1 aliphatic heterocycles. The summed E-state index contributed by atoms with van der Waals surface area (Å²) in [5.74, 6) is -0.816. The Morgan fingerprint density at radius 1 is 1.08 bits per heavy atom. The second-order valence-corrected chi connectivity index (χ2v) is 5.63. The Balaban J connectivity index is 1.60. The minimum Gasteiger partial charge on any atom is -0.448 e. The van der Waals surface area contributed by atoms with E-state index < -0.39 is 12.1 Å². The maximum Gasteiger partial charge on any atom is 0.339 e. The Bertz CT molecular complexity index is 947. The van der Waals surface area contributed by atoms with Crippen molar-refractivity contribution in [1.82, 2.24) is 4.98 Å². The van der Waals surface area contributed by atoms with Gasteiger partial charge in [-0.2, -0.15) is 0 Å². The van der Waals surface area contributed by atoms with E-state index in [1.807, 2.05) is 36.4 Å². The van der Waals surface area contributed by atoms with Crippen LogP contribution in [-0.2, 0) is 16.0 Å². The number of rotatable bonds is 2. The zero-order valence-corrected chi connectivity index (χ0v) is 12.7. The average Bonchev–Trinajstić information content (AvgIpc) is 2.62. The van der Waals surface area contributed by atoms with Crippen molar-refractivity contribution in [2.45, 2.75) is 12.5 Å². The van der Waals surface area contributed by atoms with Crippen LogP contribution in [0, 0.1) is 0 Å². The van der Waals surface area contributed by atoms with E-state index in [1.54, 1.807) is 24.4 Å². The summed E-state index contributed by atoms with van der Waals surface area (Å²) >= 11 is 0. The second kappa shape index (κ2) is 5.77. The van der Waals surface area contributed by atoms with Gasteiger partial charge in [0, 0.05) is 18.0 Å². The predicted molar refractivity (Wildman–Crippen MR) is 89.7 cm³/mol. The number of nitrogens with zero attached hydrogens (tertiary/aromatic N) is 1. The van der Waals surface area contributed by atoms with Crippen LogP contribution in [0.1, 0.15) is 15.9 Å². The summed E-state index contributed by atoms with van der Waals surface area (Å²) < 4.78 is 5.29. The summed E-state index contributed by atoms with van der Waals surface area (Å²) in [6.45, 7) is 0. The first-order valence-electron chi connectivity index (χ1n) is 7.66. The lowest BCUT2D eigenvalue weighted by Gasteiger charge is -2.23. The number of benzene rings is 2. The fraction of sp³-hybridized carbons (Fsp3) is 0.105. The number of ether oxygens (including phenoxy) is 1. The highest BCUT2D eigenvalue weighted by Crippen LogP contribution is 2.24. The number of amides is 1. The Morgan fingerprint density at radius 3 is 2.83 bits per heavy atom. The van der Waals surface area contributed by atoms with Crippen LogP contribution in [0.2, 0.25) is 0 Å².